The molecule has 1 unspecified atom stereocenters. The summed E-state index contributed by atoms with van der Waals surface area (Å²) in [5.74, 6) is -1.30. The Morgan fingerprint density at radius 1 is 1.27 bits per heavy atom. The second-order valence-electron chi connectivity index (χ2n) is 8.90. The number of phenolic OH excluding ortho intramolecular Hbond substituents is 1. The van der Waals surface area contributed by atoms with Crippen molar-refractivity contribution in [2.75, 3.05) is 46.0 Å². The van der Waals surface area contributed by atoms with E-state index in [4.69, 9.17) is 19.4 Å². The number of fused-ring (bicyclic) bond motifs is 1. The van der Waals surface area contributed by atoms with Crippen LogP contribution in [-0.2, 0) is 14.3 Å². The van der Waals surface area contributed by atoms with E-state index >= 15 is 0 Å². The first-order chi connectivity index (χ1) is 15.5. The molecule has 184 valence electrons. The predicted octanol–water partition coefficient (Wildman–Crippen LogP) is 1.87. The Kier molecular flexibility index (Phi) is 9.66. The van der Waals surface area contributed by atoms with Crippen LogP contribution in [0.25, 0.3) is 10.9 Å². The average molecular weight is 466 g/mol. The lowest BCUT2D eigenvalue weighted by Gasteiger charge is -2.26. The van der Waals surface area contributed by atoms with Crippen molar-refractivity contribution in [2.45, 2.75) is 39.3 Å². The van der Waals surface area contributed by atoms with Crippen molar-refractivity contribution in [1.29, 1.82) is 0 Å². The summed E-state index contributed by atoms with van der Waals surface area (Å²) in [6.45, 7) is 11.5. The van der Waals surface area contributed by atoms with Crippen LogP contribution in [0.15, 0.2) is 18.2 Å². The van der Waals surface area contributed by atoms with Crippen molar-refractivity contribution in [3.8, 4) is 5.75 Å². The smallest absolute Gasteiger partial charge is 0.354 e. The summed E-state index contributed by atoms with van der Waals surface area (Å²) in [7, 11) is 0. The SMILES string of the molecule is CC(=O)O.CC(C)(C)NCC(O)c1ccc(O)c2[nH]c(C(=O)OCCN3CCOCC3)cc12. The summed E-state index contributed by atoms with van der Waals surface area (Å²) in [4.78, 5) is 26.6. The molecule has 33 heavy (non-hydrogen) atoms. The van der Waals surface area contributed by atoms with E-state index in [1.165, 1.54) is 6.07 Å². The molecule has 1 aromatic heterocycles. The van der Waals surface area contributed by atoms with E-state index in [-0.39, 0.29) is 23.6 Å². The van der Waals surface area contributed by atoms with Gasteiger partial charge in [-0.2, -0.15) is 0 Å². The molecule has 0 bridgehead atoms. The molecule has 5 N–H and O–H groups in total. The van der Waals surface area contributed by atoms with Gasteiger partial charge in [0.2, 0.25) is 0 Å². The Morgan fingerprint density at radius 3 is 2.52 bits per heavy atom. The number of phenols is 1. The molecule has 3 rings (SSSR count). The number of aromatic hydroxyl groups is 1. The summed E-state index contributed by atoms with van der Waals surface area (Å²) < 4.78 is 10.7. The van der Waals surface area contributed by atoms with E-state index in [0.717, 1.165) is 20.0 Å². The molecule has 0 radical (unpaired) electrons. The highest BCUT2D eigenvalue weighted by Crippen LogP contribution is 2.31. The number of β-amino-alcohol motifs (C(OH)–C–C–N with tert-alkyl or cyclic N) is 1. The number of carboxylic acids is 1. The molecule has 0 amide bonds. The number of ether oxygens (including phenoxy) is 2. The topological polar surface area (TPSA) is 144 Å². The second kappa shape index (κ2) is 12.0. The number of aliphatic carboxylic acids is 1. The fourth-order valence-electron chi connectivity index (χ4n) is 3.31. The Hall–Kier alpha value is -2.66. The minimum Gasteiger partial charge on any atom is -0.506 e. The van der Waals surface area contributed by atoms with Gasteiger partial charge in [0.25, 0.3) is 5.97 Å². The van der Waals surface area contributed by atoms with E-state index in [2.05, 4.69) is 15.2 Å². The zero-order valence-electron chi connectivity index (χ0n) is 19.7. The molecule has 10 heteroatoms. The van der Waals surface area contributed by atoms with Gasteiger partial charge in [0.05, 0.1) is 24.8 Å². The monoisotopic (exact) mass is 465 g/mol. The van der Waals surface area contributed by atoms with Crippen LogP contribution in [0.1, 0.15) is 49.9 Å². The van der Waals surface area contributed by atoms with Crippen LogP contribution in [0.3, 0.4) is 0 Å². The van der Waals surface area contributed by atoms with Gasteiger partial charge in [-0.15, -0.1) is 0 Å². The number of aromatic amines is 1. The van der Waals surface area contributed by atoms with Gasteiger partial charge in [-0.25, -0.2) is 4.79 Å². The minimum absolute atomic E-state index is 0.0205. The number of nitrogens with zero attached hydrogens (tertiary/aromatic N) is 1. The Balaban J connectivity index is 0.000000890. The lowest BCUT2D eigenvalue weighted by molar-refractivity contribution is -0.134. The molecule has 0 aliphatic carbocycles. The van der Waals surface area contributed by atoms with E-state index in [9.17, 15) is 15.0 Å². The summed E-state index contributed by atoms with van der Waals surface area (Å²) in [6, 6.07) is 4.82. The maximum absolute atomic E-state index is 12.5. The normalized spacial score (nSPS) is 15.5. The van der Waals surface area contributed by atoms with Crippen LogP contribution in [0.4, 0.5) is 0 Å². The number of aliphatic hydroxyl groups excluding tert-OH is 1. The Morgan fingerprint density at radius 2 is 1.91 bits per heavy atom. The highest BCUT2D eigenvalue weighted by atomic mass is 16.5. The molecule has 1 aliphatic heterocycles. The summed E-state index contributed by atoms with van der Waals surface area (Å²) in [5, 5.41) is 32.1. The number of esters is 1. The second-order valence-corrected chi connectivity index (χ2v) is 8.90. The lowest BCUT2D eigenvalue weighted by Crippen LogP contribution is -2.38. The van der Waals surface area contributed by atoms with Crippen LogP contribution in [0.5, 0.6) is 5.75 Å². The van der Waals surface area contributed by atoms with Crippen molar-refractivity contribution in [1.82, 2.24) is 15.2 Å². The summed E-state index contributed by atoms with van der Waals surface area (Å²) in [6.07, 6.45) is -0.779. The first kappa shape index (κ1) is 26.6. The quantitative estimate of drug-likeness (QED) is 0.387. The number of hydrogen-bond donors (Lipinski definition) is 5. The predicted molar refractivity (Wildman–Crippen MR) is 124 cm³/mol. The van der Waals surface area contributed by atoms with Crippen molar-refractivity contribution in [3.05, 3.63) is 29.5 Å². The first-order valence-corrected chi connectivity index (χ1v) is 10.9. The molecule has 1 fully saturated rings. The van der Waals surface area contributed by atoms with Crippen molar-refractivity contribution in [3.63, 3.8) is 0 Å². The highest BCUT2D eigenvalue weighted by molar-refractivity contribution is 5.98. The van der Waals surface area contributed by atoms with E-state index < -0.39 is 18.0 Å². The molecule has 0 spiro atoms. The zero-order chi connectivity index (χ0) is 24.6. The molecule has 1 saturated heterocycles. The maximum Gasteiger partial charge on any atom is 0.354 e. The van der Waals surface area contributed by atoms with Gasteiger partial charge >= 0.3 is 5.97 Å². The molecule has 1 aliphatic rings. The van der Waals surface area contributed by atoms with Crippen molar-refractivity contribution >= 4 is 22.8 Å². The third-order valence-electron chi connectivity index (χ3n) is 4.95. The van der Waals surface area contributed by atoms with Gasteiger partial charge in [-0.3, -0.25) is 9.69 Å². The molecule has 0 saturated carbocycles. The fraction of sp³-hybridized carbons (Fsp3) is 0.565. The number of carbonyl (C=O) groups excluding carboxylic acids is 1. The molecule has 1 aromatic carbocycles. The van der Waals surface area contributed by atoms with Crippen LogP contribution < -0.4 is 5.32 Å². The van der Waals surface area contributed by atoms with Crippen LogP contribution >= 0.6 is 0 Å². The molecule has 1 atom stereocenters. The van der Waals surface area contributed by atoms with Crippen LogP contribution in [-0.4, -0.2) is 88.7 Å². The Bertz CT molecular complexity index is 926. The highest BCUT2D eigenvalue weighted by Gasteiger charge is 2.20. The molecule has 10 nitrogen and oxygen atoms in total. The van der Waals surface area contributed by atoms with Crippen molar-refractivity contribution < 1.29 is 34.4 Å². The molecule has 2 aromatic rings. The first-order valence-electron chi connectivity index (χ1n) is 10.9. The summed E-state index contributed by atoms with van der Waals surface area (Å²) >= 11 is 0. The number of benzene rings is 1. The van der Waals surface area contributed by atoms with Gasteiger partial charge in [0, 0.05) is 44.0 Å². The third kappa shape index (κ3) is 8.65. The number of H-pyrrole nitrogens is 1. The molecular weight excluding hydrogens is 430 g/mol. The summed E-state index contributed by atoms with van der Waals surface area (Å²) in [5.41, 5.74) is 1.17. The molecular formula is C23H35N3O7. The standard InChI is InChI=1S/C21H31N3O5.C2H4O2/c1-21(2,3)22-13-18(26)14-4-5-17(25)19-15(14)12-16(23-19)20(27)29-11-8-24-6-9-28-10-7-24;1-2(3)4/h4-5,12,18,22-23,25-26H,6-11,13H2,1-3H3;1H3,(H,3,4). The van der Waals surface area contributed by atoms with E-state index in [1.807, 2.05) is 20.8 Å². The van der Waals surface area contributed by atoms with Gasteiger partial charge in [-0.1, -0.05) is 6.07 Å². The number of carboxylic acid groups (broad SMARTS) is 1. The number of nitrogens with one attached hydrogen (secondary N) is 2. The Labute approximate surface area is 193 Å². The van der Waals surface area contributed by atoms with Gasteiger partial charge in [-0.05, 0) is 38.5 Å². The van der Waals surface area contributed by atoms with Crippen LogP contribution in [0.2, 0.25) is 0 Å². The number of hydrogen-bond acceptors (Lipinski definition) is 8. The lowest BCUT2D eigenvalue weighted by atomic mass is 10.0. The zero-order valence-corrected chi connectivity index (χ0v) is 19.7. The van der Waals surface area contributed by atoms with E-state index in [0.29, 0.717) is 42.8 Å². The minimum atomic E-state index is -0.833. The average Bonchev–Trinajstić information content (AvgIpc) is 3.18. The third-order valence-corrected chi connectivity index (χ3v) is 4.95. The number of aromatic nitrogens is 1. The van der Waals surface area contributed by atoms with Crippen LogP contribution in [0, 0.1) is 0 Å². The van der Waals surface area contributed by atoms with Gasteiger partial charge in [0.15, 0.2) is 0 Å². The van der Waals surface area contributed by atoms with Gasteiger partial charge < -0.3 is 35.1 Å². The van der Waals surface area contributed by atoms with E-state index in [1.54, 1.807) is 12.1 Å². The number of morpholine rings is 1. The largest absolute Gasteiger partial charge is 0.506 e. The maximum atomic E-state index is 12.5. The van der Waals surface area contributed by atoms with Crippen molar-refractivity contribution in [2.24, 2.45) is 0 Å². The van der Waals surface area contributed by atoms with Gasteiger partial charge in [0.1, 0.15) is 18.1 Å². The molecule has 2 heterocycles. The fourth-order valence-corrected chi connectivity index (χ4v) is 3.31. The number of aliphatic hydroxyl groups is 1. The number of carbonyl (C=O) groups is 2. The number of rotatable bonds is 7.